The summed E-state index contributed by atoms with van der Waals surface area (Å²) in [6.45, 7) is 1.27. The maximum absolute atomic E-state index is 13.5. The van der Waals surface area contributed by atoms with Gasteiger partial charge in [-0.05, 0) is 44.1 Å². The normalized spacial score (nSPS) is 19.9. The number of carbonyl (C=O) groups is 1. The third-order valence-corrected chi connectivity index (χ3v) is 4.31. The van der Waals surface area contributed by atoms with E-state index in [0.29, 0.717) is 18.2 Å². The molecule has 1 aliphatic rings. The van der Waals surface area contributed by atoms with E-state index in [-0.39, 0.29) is 17.7 Å². The number of hydrogen-bond donors (Lipinski definition) is 3. The van der Waals surface area contributed by atoms with Crippen LogP contribution >= 0.6 is 11.6 Å². The number of nitrogens with one attached hydrogen (secondary N) is 2. The second-order valence-corrected chi connectivity index (χ2v) is 5.95. The van der Waals surface area contributed by atoms with Crippen molar-refractivity contribution in [3.05, 3.63) is 34.6 Å². The molecule has 7 heteroatoms. The van der Waals surface area contributed by atoms with Crippen LogP contribution in [0, 0.1) is 5.82 Å². The highest BCUT2D eigenvalue weighted by Crippen LogP contribution is 2.20. The molecule has 22 heavy (non-hydrogen) atoms. The van der Waals surface area contributed by atoms with Crippen molar-refractivity contribution in [1.82, 2.24) is 15.5 Å². The van der Waals surface area contributed by atoms with Crippen LogP contribution in [0.4, 0.5) is 9.18 Å². The second-order valence-electron chi connectivity index (χ2n) is 5.54. The van der Waals surface area contributed by atoms with Crippen LogP contribution in [0.3, 0.4) is 0 Å². The van der Waals surface area contributed by atoms with Gasteiger partial charge in [-0.25, -0.2) is 9.18 Å². The Morgan fingerprint density at radius 3 is 2.95 bits per heavy atom. The molecule has 1 fully saturated rings. The van der Waals surface area contributed by atoms with Crippen LogP contribution in [-0.2, 0) is 0 Å². The number of urea groups is 1. The van der Waals surface area contributed by atoms with Gasteiger partial charge < -0.3 is 20.6 Å². The fourth-order valence-electron chi connectivity index (χ4n) is 2.62. The highest BCUT2D eigenvalue weighted by molar-refractivity contribution is 6.30. The van der Waals surface area contributed by atoms with Crippen molar-refractivity contribution < 1.29 is 14.3 Å². The Bertz CT molecular complexity index is 530. The smallest absolute Gasteiger partial charge is 0.315 e. The standard InChI is InChI=1S/C15H21ClFN3O2/c1-20-6-2-3-11(20)8-18-15(22)19-14(9-21)10-4-5-12(16)13(17)7-10/h4-5,7,11,14,21H,2-3,6,8-9H2,1H3,(H2,18,19,22). The molecule has 3 N–H and O–H groups in total. The number of amides is 2. The first kappa shape index (κ1) is 17.0. The van der Waals surface area contributed by atoms with Gasteiger partial charge in [0.05, 0.1) is 17.7 Å². The quantitative estimate of drug-likeness (QED) is 0.773. The molecule has 2 atom stereocenters. The molecule has 5 nitrogen and oxygen atoms in total. The zero-order valence-electron chi connectivity index (χ0n) is 12.5. The van der Waals surface area contributed by atoms with Crippen molar-refractivity contribution in [3.8, 4) is 0 Å². The first-order chi connectivity index (χ1) is 10.5. The maximum Gasteiger partial charge on any atom is 0.315 e. The van der Waals surface area contributed by atoms with E-state index in [9.17, 15) is 14.3 Å². The fourth-order valence-corrected chi connectivity index (χ4v) is 2.74. The molecule has 1 saturated heterocycles. The van der Waals surface area contributed by atoms with Crippen LogP contribution in [0.15, 0.2) is 18.2 Å². The monoisotopic (exact) mass is 329 g/mol. The van der Waals surface area contributed by atoms with Crippen molar-refractivity contribution in [3.63, 3.8) is 0 Å². The highest BCUT2D eigenvalue weighted by Gasteiger charge is 2.22. The van der Waals surface area contributed by atoms with Crippen LogP contribution in [0.25, 0.3) is 0 Å². The van der Waals surface area contributed by atoms with Crippen LogP contribution in [0.2, 0.25) is 5.02 Å². The zero-order valence-corrected chi connectivity index (χ0v) is 13.2. The molecule has 0 bridgehead atoms. The number of halogens is 2. The summed E-state index contributed by atoms with van der Waals surface area (Å²) < 4.78 is 13.5. The summed E-state index contributed by atoms with van der Waals surface area (Å²) in [5, 5.41) is 14.8. The van der Waals surface area contributed by atoms with Crippen molar-refractivity contribution in [2.45, 2.75) is 24.9 Å². The van der Waals surface area contributed by atoms with Gasteiger partial charge in [-0.15, -0.1) is 0 Å². The number of likely N-dealkylation sites (N-methyl/N-ethyl adjacent to an activating group) is 1. The lowest BCUT2D eigenvalue weighted by Crippen LogP contribution is -2.44. The maximum atomic E-state index is 13.5. The third-order valence-electron chi connectivity index (χ3n) is 4.00. The van der Waals surface area contributed by atoms with Gasteiger partial charge in [-0.2, -0.15) is 0 Å². The van der Waals surface area contributed by atoms with Crippen molar-refractivity contribution in [2.75, 3.05) is 26.7 Å². The summed E-state index contributed by atoms with van der Waals surface area (Å²) in [4.78, 5) is 14.1. The minimum absolute atomic E-state index is 0.00848. The Morgan fingerprint density at radius 1 is 1.59 bits per heavy atom. The molecular weight excluding hydrogens is 309 g/mol. The van der Waals surface area contributed by atoms with E-state index in [2.05, 4.69) is 15.5 Å². The molecule has 2 rings (SSSR count). The molecular formula is C15H21ClFN3O2. The number of benzene rings is 1. The summed E-state index contributed by atoms with van der Waals surface area (Å²) in [6, 6.07) is 3.49. The predicted molar refractivity (Wildman–Crippen MR) is 83.4 cm³/mol. The fraction of sp³-hybridized carbons (Fsp3) is 0.533. The van der Waals surface area contributed by atoms with Gasteiger partial charge in [0.2, 0.25) is 0 Å². The van der Waals surface area contributed by atoms with E-state index in [1.807, 2.05) is 7.05 Å². The lowest BCUT2D eigenvalue weighted by atomic mass is 10.1. The molecule has 0 aromatic heterocycles. The van der Waals surface area contributed by atoms with Crippen LogP contribution in [0.1, 0.15) is 24.4 Å². The molecule has 0 saturated carbocycles. The number of nitrogens with zero attached hydrogens (tertiary/aromatic N) is 1. The van der Waals surface area contributed by atoms with Crippen LogP contribution < -0.4 is 10.6 Å². The Balaban J connectivity index is 1.88. The molecule has 1 aromatic carbocycles. The van der Waals surface area contributed by atoms with Gasteiger partial charge in [0.1, 0.15) is 5.82 Å². The van der Waals surface area contributed by atoms with Gasteiger partial charge in [0.15, 0.2) is 0 Å². The molecule has 1 aliphatic heterocycles. The highest BCUT2D eigenvalue weighted by atomic mass is 35.5. The predicted octanol–water partition coefficient (Wildman–Crippen LogP) is 1.91. The van der Waals surface area contributed by atoms with E-state index in [1.165, 1.54) is 12.1 Å². The van der Waals surface area contributed by atoms with E-state index in [1.54, 1.807) is 6.07 Å². The summed E-state index contributed by atoms with van der Waals surface area (Å²) in [6.07, 6.45) is 2.19. The number of rotatable bonds is 5. The van der Waals surface area contributed by atoms with Gasteiger partial charge in [0.25, 0.3) is 0 Å². The Kier molecular flexibility index (Phi) is 5.99. The summed E-state index contributed by atoms with van der Waals surface area (Å²) in [5.74, 6) is -0.576. The number of likely N-dealkylation sites (tertiary alicyclic amines) is 1. The molecule has 0 radical (unpaired) electrons. The third kappa shape index (κ3) is 4.32. The number of aliphatic hydroxyl groups excluding tert-OH is 1. The molecule has 122 valence electrons. The minimum atomic E-state index is -0.673. The van der Waals surface area contributed by atoms with E-state index >= 15 is 0 Å². The number of hydrogen-bond acceptors (Lipinski definition) is 3. The molecule has 2 unspecified atom stereocenters. The van der Waals surface area contributed by atoms with E-state index in [4.69, 9.17) is 11.6 Å². The summed E-state index contributed by atoms with van der Waals surface area (Å²) in [5.41, 5.74) is 0.470. The summed E-state index contributed by atoms with van der Waals surface area (Å²) >= 11 is 5.63. The largest absolute Gasteiger partial charge is 0.394 e. The molecule has 0 aliphatic carbocycles. The van der Waals surface area contributed by atoms with Gasteiger partial charge in [-0.3, -0.25) is 0 Å². The lowest BCUT2D eigenvalue weighted by molar-refractivity contribution is 0.213. The second kappa shape index (κ2) is 7.76. The SMILES string of the molecule is CN1CCCC1CNC(=O)NC(CO)c1ccc(Cl)c(F)c1. The van der Waals surface area contributed by atoms with Crippen LogP contribution in [-0.4, -0.2) is 48.8 Å². The average molecular weight is 330 g/mol. The van der Waals surface area contributed by atoms with E-state index in [0.717, 1.165) is 19.4 Å². The number of aliphatic hydroxyl groups is 1. The first-order valence-corrected chi connectivity index (χ1v) is 7.69. The van der Waals surface area contributed by atoms with Gasteiger partial charge in [-0.1, -0.05) is 17.7 Å². The lowest BCUT2D eigenvalue weighted by Gasteiger charge is -2.21. The molecule has 1 aromatic rings. The van der Waals surface area contributed by atoms with Gasteiger partial charge >= 0.3 is 6.03 Å². The Labute approximate surface area is 134 Å². The molecule has 1 heterocycles. The number of carbonyl (C=O) groups excluding carboxylic acids is 1. The van der Waals surface area contributed by atoms with E-state index < -0.39 is 11.9 Å². The van der Waals surface area contributed by atoms with Crippen molar-refractivity contribution in [2.24, 2.45) is 0 Å². The summed E-state index contributed by atoms with van der Waals surface area (Å²) in [7, 11) is 2.03. The molecule has 2 amide bonds. The average Bonchev–Trinajstić information content (AvgIpc) is 2.91. The minimum Gasteiger partial charge on any atom is -0.394 e. The van der Waals surface area contributed by atoms with Gasteiger partial charge in [0, 0.05) is 12.6 Å². The van der Waals surface area contributed by atoms with Crippen molar-refractivity contribution in [1.29, 1.82) is 0 Å². The first-order valence-electron chi connectivity index (χ1n) is 7.31. The molecule has 0 spiro atoms. The Hall–Kier alpha value is -1.37. The van der Waals surface area contributed by atoms with Crippen LogP contribution in [0.5, 0.6) is 0 Å². The van der Waals surface area contributed by atoms with Crippen molar-refractivity contribution >= 4 is 17.6 Å². The Morgan fingerprint density at radius 2 is 2.36 bits per heavy atom. The topological polar surface area (TPSA) is 64.6 Å². The zero-order chi connectivity index (χ0) is 16.1.